The smallest absolute Gasteiger partial charge is 0.229 e. The summed E-state index contributed by atoms with van der Waals surface area (Å²) in [7, 11) is 0. The van der Waals surface area contributed by atoms with Gasteiger partial charge in [-0.1, -0.05) is 0 Å². The zero-order chi connectivity index (χ0) is 10.1. The van der Waals surface area contributed by atoms with Gasteiger partial charge in [0.25, 0.3) is 0 Å². The van der Waals surface area contributed by atoms with Gasteiger partial charge in [-0.05, 0) is 0 Å². The van der Waals surface area contributed by atoms with Gasteiger partial charge in [0.1, 0.15) is 17.5 Å². The van der Waals surface area contributed by atoms with Crippen molar-refractivity contribution in [1.29, 1.82) is 5.26 Å². The number of nitrogens with one attached hydrogen (secondary N) is 1. The number of thiol groups is 1. The summed E-state index contributed by atoms with van der Waals surface area (Å²) in [6.07, 6.45) is 1.82. The number of amides is 1. The molecular formula is C8H8N4OS. The van der Waals surface area contributed by atoms with Gasteiger partial charge in [-0.25, -0.2) is 0 Å². The minimum atomic E-state index is -0.0225. The Labute approximate surface area is 86.1 Å². The van der Waals surface area contributed by atoms with Gasteiger partial charge in [0.05, 0.1) is 6.20 Å². The quantitative estimate of drug-likeness (QED) is 0.653. The van der Waals surface area contributed by atoms with Crippen LogP contribution in [0.5, 0.6) is 0 Å². The average molecular weight is 208 g/mol. The SMILES string of the molecule is N#Cc1cn[nH]c1N1CC(S)CC1=O. The van der Waals surface area contributed by atoms with Gasteiger partial charge in [0.2, 0.25) is 5.91 Å². The van der Waals surface area contributed by atoms with E-state index >= 15 is 0 Å². The second-order valence-electron chi connectivity index (χ2n) is 3.11. The van der Waals surface area contributed by atoms with Crippen molar-refractivity contribution >= 4 is 24.4 Å². The van der Waals surface area contributed by atoms with Gasteiger partial charge < -0.3 is 0 Å². The molecule has 1 unspecified atom stereocenters. The van der Waals surface area contributed by atoms with Crippen LogP contribution < -0.4 is 4.90 Å². The minimum absolute atomic E-state index is 0.0225. The Hall–Kier alpha value is -1.48. The van der Waals surface area contributed by atoms with Crippen LogP contribution in [-0.4, -0.2) is 27.9 Å². The van der Waals surface area contributed by atoms with E-state index in [4.69, 9.17) is 5.26 Å². The summed E-state index contributed by atoms with van der Waals surface area (Å²) in [6.45, 7) is 0.527. The van der Waals surface area contributed by atoms with Gasteiger partial charge in [0.15, 0.2) is 0 Å². The lowest BCUT2D eigenvalue weighted by Gasteiger charge is -2.12. The molecule has 1 aromatic rings. The monoisotopic (exact) mass is 208 g/mol. The van der Waals surface area contributed by atoms with Crippen LogP contribution in [0.15, 0.2) is 6.20 Å². The Morgan fingerprint density at radius 1 is 1.79 bits per heavy atom. The van der Waals surface area contributed by atoms with Gasteiger partial charge >= 0.3 is 0 Å². The van der Waals surface area contributed by atoms with E-state index in [0.29, 0.717) is 24.3 Å². The van der Waals surface area contributed by atoms with Crippen LogP contribution in [0.25, 0.3) is 0 Å². The highest BCUT2D eigenvalue weighted by atomic mass is 32.1. The number of H-pyrrole nitrogens is 1. The zero-order valence-corrected chi connectivity index (χ0v) is 8.16. The first kappa shape index (κ1) is 9.09. The first-order valence-electron chi connectivity index (χ1n) is 4.14. The van der Waals surface area contributed by atoms with Crippen LogP contribution in [0.2, 0.25) is 0 Å². The summed E-state index contributed by atoms with van der Waals surface area (Å²) in [5, 5.41) is 15.2. The third kappa shape index (κ3) is 1.36. The number of nitrogens with zero attached hydrogens (tertiary/aromatic N) is 3. The highest BCUT2D eigenvalue weighted by Crippen LogP contribution is 2.24. The second kappa shape index (κ2) is 3.35. The number of aromatic amines is 1. The first-order valence-corrected chi connectivity index (χ1v) is 4.66. The number of rotatable bonds is 1. The molecule has 1 saturated heterocycles. The van der Waals surface area contributed by atoms with E-state index in [9.17, 15) is 4.79 Å². The van der Waals surface area contributed by atoms with Gasteiger partial charge in [0, 0.05) is 18.2 Å². The van der Waals surface area contributed by atoms with Crippen LogP contribution >= 0.6 is 12.6 Å². The van der Waals surface area contributed by atoms with Crippen molar-refractivity contribution in [3.05, 3.63) is 11.8 Å². The minimum Gasteiger partial charge on any atom is -0.295 e. The highest BCUT2D eigenvalue weighted by Gasteiger charge is 2.30. The number of anilines is 1. The lowest BCUT2D eigenvalue weighted by molar-refractivity contribution is -0.117. The van der Waals surface area contributed by atoms with E-state index in [0.717, 1.165) is 0 Å². The van der Waals surface area contributed by atoms with E-state index in [-0.39, 0.29) is 11.2 Å². The van der Waals surface area contributed by atoms with Crippen LogP contribution in [0.1, 0.15) is 12.0 Å². The molecule has 2 heterocycles. The standard InChI is InChI=1S/C8H8N4OS/c9-2-5-3-10-11-8(5)12-4-6(14)1-7(12)13/h3,6,14H,1,4H2,(H,10,11). The molecule has 0 radical (unpaired) electrons. The van der Waals surface area contributed by atoms with Crippen LogP contribution in [-0.2, 0) is 4.79 Å². The van der Waals surface area contributed by atoms with Crippen molar-refractivity contribution in [2.24, 2.45) is 0 Å². The van der Waals surface area contributed by atoms with Crippen molar-refractivity contribution in [2.75, 3.05) is 11.4 Å². The molecule has 1 aliphatic heterocycles. The fraction of sp³-hybridized carbons (Fsp3) is 0.375. The maximum atomic E-state index is 11.5. The lowest BCUT2D eigenvalue weighted by Crippen LogP contribution is -2.25. The number of carbonyl (C=O) groups excluding carboxylic acids is 1. The molecule has 14 heavy (non-hydrogen) atoms. The van der Waals surface area contributed by atoms with E-state index in [2.05, 4.69) is 22.8 Å². The summed E-state index contributed by atoms with van der Waals surface area (Å²) in [5.41, 5.74) is 0.390. The van der Waals surface area contributed by atoms with Crippen molar-refractivity contribution in [2.45, 2.75) is 11.7 Å². The molecule has 0 aromatic carbocycles. The van der Waals surface area contributed by atoms with Gasteiger partial charge in [-0.15, -0.1) is 0 Å². The largest absolute Gasteiger partial charge is 0.295 e. The van der Waals surface area contributed by atoms with Gasteiger partial charge in [-0.2, -0.15) is 23.0 Å². The third-order valence-electron chi connectivity index (χ3n) is 2.11. The topological polar surface area (TPSA) is 72.8 Å². The summed E-state index contributed by atoms with van der Waals surface area (Å²) in [4.78, 5) is 13.0. The molecule has 2 rings (SSSR count). The second-order valence-corrected chi connectivity index (χ2v) is 3.84. The Kier molecular flexibility index (Phi) is 2.17. The molecule has 0 bridgehead atoms. The van der Waals surface area contributed by atoms with Crippen molar-refractivity contribution in [3.8, 4) is 6.07 Å². The van der Waals surface area contributed by atoms with Crippen LogP contribution in [0.4, 0.5) is 5.82 Å². The molecular weight excluding hydrogens is 200 g/mol. The average Bonchev–Trinajstić information content (AvgIpc) is 2.71. The van der Waals surface area contributed by atoms with Crippen molar-refractivity contribution < 1.29 is 4.79 Å². The third-order valence-corrected chi connectivity index (χ3v) is 2.46. The molecule has 1 N–H and O–H groups in total. The molecule has 1 aliphatic rings. The lowest BCUT2D eigenvalue weighted by atomic mass is 10.3. The Morgan fingerprint density at radius 2 is 2.57 bits per heavy atom. The van der Waals surface area contributed by atoms with Gasteiger partial charge in [-0.3, -0.25) is 14.8 Å². The number of hydrogen-bond donors (Lipinski definition) is 2. The fourth-order valence-electron chi connectivity index (χ4n) is 1.47. The first-order chi connectivity index (χ1) is 6.72. The Balaban J connectivity index is 2.32. The van der Waals surface area contributed by atoms with E-state index in [1.807, 2.05) is 6.07 Å². The summed E-state index contributed by atoms with van der Waals surface area (Å²) < 4.78 is 0. The fourth-order valence-corrected chi connectivity index (χ4v) is 1.79. The maximum Gasteiger partial charge on any atom is 0.229 e. The molecule has 1 atom stereocenters. The maximum absolute atomic E-state index is 11.5. The number of nitriles is 1. The molecule has 1 amide bonds. The molecule has 72 valence electrons. The zero-order valence-electron chi connectivity index (χ0n) is 7.27. The predicted octanol–water partition coefficient (Wildman–Crippen LogP) is 0.316. The predicted molar refractivity (Wildman–Crippen MR) is 53.0 cm³/mol. The number of carbonyl (C=O) groups is 1. The molecule has 0 spiro atoms. The summed E-state index contributed by atoms with van der Waals surface area (Å²) >= 11 is 4.23. The molecule has 5 nitrogen and oxygen atoms in total. The summed E-state index contributed by atoms with van der Waals surface area (Å²) in [5.74, 6) is 0.458. The van der Waals surface area contributed by atoms with Crippen molar-refractivity contribution in [3.63, 3.8) is 0 Å². The molecule has 0 aliphatic carbocycles. The highest BCUT2D eigenvalue weighted by molar-refractivity contribution is 7.81. The normalized spacial score (nSPS) is 21.3. The molecule has 1 aromatic heterocycles. The van der Waals surface area contributed by atoms with E-state index < -0.39 is 0 Å². The number of hydrogen-bond acceptors (Lipinski definition) is 4. The molecule has 1 fully saturated rings. The number of aromatic nitrogens is 2. The van der Waals surface area contributed by atoms with Crippen LogP contribution in [0, 0.1) is 11.3 Å². The summed E-state index contributed by atoms with van der Waals surface area (Å²) in [6, 6.07) is 1.98. The van der Waals surface area contributed by atoms with Crippen LogP contribution in [0.3, 0.4) is 0 Å². The molecule has 0 saturated carbocycles. The Bertz CT molecular complexity index is 408. The molecule has 6 heteroatoms. The van der Waals surface area contributed by atoms with E-state index in [1.165, 1.54) is 11.1 Å². The Morgan fingerprint density at radius 3 is 3.14 bits per heavy atom. The van der Waals surface area contributed by atoms with E-state index in [1.54, 1.807) is 0 Å². The van der Waals surface area contributed by atoms with Crippen molar-refractivity contribution in [1.82, 2.24) is 10.2 Å².